The van der Waals surface area contributed by atoms with E-state index in [2.05, 4.69) is 23.6 Å². The summed E-state index contributed by atoms with van der Waals surface area (Å²) in [6, 6.07) is 1.40. The van der Waals surface area contributed by atoms with Gasteiger partial charge in [-0.1, -0.05) is 26.7 Å². The van der Waals surface area contributed by atoms with Crippen LogP contribution in [0.25, 0.3) is 0 Å². The third-order valence-corrected chi connectivity index (χ3v) is 4.49. The van der Waals surface area contributed by atoms with Gasteiger partial charge in [0.15, 0.2) is 0 Å². The highest BCUT2D eigenvalue weighted by Gasteiger charge is 2.32. The molecule has 0 amide bonds. The molecule has 3 heteroatoms. The van der Waals surface area contributed by atoms with Crippen LogP contribution >= 0.6 is 0 Å². The highest BCUT2D eigenvalue weighted by atomic mass is 16.3. The minimum atomic E-state index is 0.337. The van der Waals surface area contributed by atoms with E-state index in [0.29, 0.717) is 12.6 Å². The molecule has 1 saturated heterocycles. The maximum atomic E-state index is 9.30. The normalized spacial score (nSPS) is 28.3. The summed E-state index contributed by atoms with van der Waals surface area (Å²) in [6.07, 6.45) is 6.52. The molecule has 3 nitrogen and oxygen atoms in total. The van der Waals surface area contributed by atoms with Gasteiger partial charge in [-0.15, -0.1) is 0 Å². The van der Waals surface area contributed by atoms with Crippen LogP contribution in [0.2, 0.25) is 0 Å². The Kier molecular flexibility index (Phi) is 5.46. The van der Waals surface area contributed by atoms with Gasteiger partial charge in [0.2, 0.25) is 0 Å². The molecule has 106 valence electrons. The molecule has 1 aliphatic carbocycles. The Morgan fingerprint density at radius 2 is 1.89 bits per heavy atom. The van der Waals surface area contributed by atoms with E-state index in [4.69, 9.17) is 0 Å². The van der Waals surface area contributed by atoms with Gasteiger partial charge in [-0.2, -0.15) is 0 Å². The molecule has 1 heterocycles. The Balaban J connectivity index is 1.91. The van der Waals surface area contributed by atoms with Gasteiger partial charge in [-0.25, -0.2) is 0 Å². The van der Waals surface area contributed by atoms with Gasteiger partial charge in [0.1, 0.15) is 0 Å². The summed E-state index contributed by atoms with van der Waals surface area (Å²) in [5.74, 6) is 0.748. The molecule has 2 fully saturated rings. The fourth-order valence-corrected chi connectivity index (χ4v) is 3.74. The van der Waals surface area contributed by atoms with Gasteiger partial charge >= 0.3 is 0 Å². The number of nitrogens with zero attached hydrogens (tertiary/aromatic N) is 2. The maximum absolute atomic E-state index is 9.30. The van der Waals surface area contributed by atoms with Gasteiger partial charge in [0.25, 0.3) is 0 Å². The quantitative estimate of drug-likeness (QED) is 0.812. The first-order chi connectivity index (χ1) is 8.70. The minimum absolute atomic E-state index is 0.337. The van der Waals surface area contributed by atoms with E-state index in [1.807, 2.05) is 0 Å². The molecule has 2 aliphatic rings. The second-order valence-corrected chi connectivity index (χ2v) is 6.50. The summed E-state index contributed by atoms with van der Waals surface area (Å²) in [4.78, 5) is 5.30. The van der Waals surface area contributed by atoms with Crippen molar-refractivity contribution in [3.05, 3.63) is 0 Å². The number of rotatable bonds is 5. The number of aliphatic hydroxyl groups excluding tert-OH is 1. The predicted octanol–water partition coefficient (Wildman–Crippen LogP) is 1.95. The van der Waals surface area contributed by atoms with Crippen molar-refractivity contribution in [3.63, 3.8) is 0 Å². The lowest BCUT2D eigenvalue weighted by Crippen LogP contribution is -2.56. The van der Waals surface area contributed by atoms with E-state index in [0.717, 1.165) is 24.9 Å². The van der Waals surface area contributed by atoms with Crippen molar-refractivity contribution in [1.82, 2.24) is 9.80 Å². The van der Waals surface area contributed by atoms with Crippen molar-refractivity contribution in [3.8, 4) is 0 Å². The number of piperazine rings is 1. The molecule has 1 saturated carbocycles. The van der Waals surface area contributed by atoms with E-state index in [-0.39, 0.29) is 0 Å². The molecular formula is C15H30N2O. The summed E-state index contributed by atoms with van der Waals surface area (Å²) in [6.45, 7) is 9.73. The zero-order valence-corrected chi connectivity index (χ0v) is 12.1. The maximum Gasteiger partial charge on any atom is 0.0446 e. The van der Waals surface area contributed by atoms with Crippen LogP contribution in [-0.4, -0.2) is 59.8 Å². The minimum Gasteiger partial charge on any atom is -0.396 e. The van der Waals surface area contributed by atoms with Crippen molar-refractivity contribution >= 4 is 0 Å². The first-order valence-corrected chi connectivity index (χ1v) is 7.79. The smallest absolute Gasteiger partial charge is 0.0446 e. The fraction of sp³-hybridized carbons (Fsp3) is 1.00. The van der Waals surface area contributed by atoms with Gasteiger partial charge in [-0.3, -0.25) is 4.90 Å². The molecule has 1 N–H and O–H groups in total. The summed E-state index contributed by atoms with van der Waals surface area (Å²) < 4.78 is 0. The van der Waals surface area contributed by atoms with Gasteiger partial charge in [0, 0.05) is 44.9 Å². The Morgan fingerprint density at radius 3 is 2.50 bits per heavy atom. The molecule has 0 aromatic carbocycles. The Labute approximate surface area is 112 Å². The van der Waals surface area contributed by atoms with Crippen molar-refractivity contribution in [2.45, 2.75) is 58.0 Å². The third kappa shape index (κ3) is 3.69. The van der Waals surface area contributed by atoms with Gasteiger partial charge in [0.05, 0.1) is 0 Å². The molecule has 0 bridgehead atoms. The third-order valence-electron chi connectivity index (χ3n) is 4.49. The van der Waals surface area contributed by atoms with Crippen molar-refractivity contribution < 1.29 is 5.11 Å². The summed E-state index contributed by atoms with van der Waals surface area (Å²) in [5, 5.41) is 9.30. The summed E-state index contributed by atoms with van der Waals surface area (Å²) in [7, 11) is 0. The zero-order valence-electron chi connectivity index (χ0n) is 12.1. The zero-order chi connectivity index (χ0) is 13.0. The first kappa shape index (κ1) is 14.3. The molecule has 1 aliphatic heterocycles. The largest absolute Gasteiger partial charge is 0.396 e. The van der Waals surface area contributed by atoms with Crippen LogP contribution in [0.1, 0.15) is 46.0 Å². The van der Waals surface area contributed by atoms with E-state index in [1.165, 1.54) is 45.3 Å². The lowest BCUT2D eigenvalue weighted by atomic mass is 10.0. The molecule has 2 rings (SSSR count). The van der Waals surface area contributed by atoms with E-state index in [9.17, 15) is 5.11 Å². The summed E-state index contributed by atoms with van der Waals surface area (Å²) >= 11 is 0. The molecule has 0 aromatic rings. The van der Waals surface area contributed by atoms with E-state index >= 15 is 0 Å². The van der Waals surface area contributed by atoms with Crippen molar-refractivity contribution in [2.75, 3.05) is 32.8 Å². The molecular weight excluding hydrogens is 224 g/mol. The average Bonchev–Trinajstić information content (AvgIpc) is 2.82. The molecule has 18 heavy (non-hydrogen) atoms. The second-order valence-electron chi connectivity index (χ2n) is 6.50. The fourth-order valence-electron chi connectivity index (χ4n) is 3.74. The Bertz CT molecular complexity index is 239. The van der Waals surface area contributed by atoms with E-state index < -0.39 is 0 Å². The van der Waals surface area contributed by atoms with Crippen LogP contribution in [0.3, 0.4) is 0 Å². The lowest BCUT2D eigenvalue weighted by Gasteiger charge is -2.45. The predicted molar refractivity (Wildman–Crippen MR) is 75.7 cm³/mol. The van der Waals surface area contributed by atoms with Crippen molar-refractivity contribution in [1.29, 1.82) is 0 Å². The molecule has 1 atom stereocenters. The van der Waals surface area contributed by atoms with Crippen LogP contribution < -0.4 is 0 Å². The number of hydrogen-bond acceptors (Lipinski definition) is 3. The number of aliphatic hydroxyl groups is 1. The van der Waals surface area contributed by atoms with Crippen LogP contribution in [0.5, 0.6) is 0 Å². The summed E-state index contributed by atoms with van der Waals surface area (Å²) in [5.41, 5.74) is 0. The van der Waals surface area contributed by atoms with Crippen LogP contribution in [0, 0.1) is 5.92 Å². The van der Waals surface area contributed by atoms with Gasteiger partial charge in [-0.05, 0) is 25.2 Å². The van der Waals surface area contributed by atoms with Crippen LogP contribution in [-0.2, 0) is 0 Å². The molecule has 1 unspecified atom stereocenters. The van der Waals surface area contributed by atoms with Crippen LogP contribution in [0.4, 0.5) is 0 Å². The van der Waals surface area contributed by atoms with E-state index in [1.54, 1.807) is 0 Å². The average molecular weight is 254 g/mol. The SMILES string of the molecule is CC(C)CN1CCN(C2CCCC2)C(CCO)C1. The lowest BCUT2D eigenvalue weighted by molar-refractivity contribution is 0.0257. The molecule has 0 spiro atoms. The Morgan fingerprint density at radius 1 is 1.17 bits per heavy atom. The highest BCUT2D eigenvalue weighted by Crippen LogP contribution is 2.28. The topological polar surface area (TPSA) is 26.7 Å². The number of hydrogen-bond donors (Lipinski definition) is 1. The molecule has 0 aromatic heterocycles. The second kappa shape index (κ2) is 6.88. The monoisotopic (exact) mass is 254 g/mol. The van der Waals surface area contributed by atoms with Crippen LogP contribution in [0.15, 0.2) is 0 Å². The standard InChI is InChI=1S/C15H30N2O/c1-13(2)11-16-8-9-17(14-5-3-4-6-14)15(12-16)7-10-18/h13-15,18H,3-12H2,1-2H3. The highest BCUT2D eigenvalue weighted by molar-refractivity contribution is 4.88. The van der Waals surface area contributed by atoms with Gasteiger partial charge < -0.3 is 10.0 Å². The van der Waals surface area contributed by atoms with Crippen molar-refractivity contribution in [2.24, 2.45) is 5.92 Å². The molecule has 0 radical (unpaired) electrons. The first-order valence-electron chi connectivity index (χ1n) is 7.79. The Hall–Kier alpha value is -0.120.